The minimum atomic E-state index is -0.205. The van der Waals surface area contributed by atoms with Crippen molar-refractivity contribution in [3.05, 3.63) is 52.7 Å². The smallest absolute Gasteiger partial charge is 0.219 e. The molecule has 0 saturated heterocycles. The molecule has 0 aliphatic carbocycles. The number of aryl methyl sites for hydroxylation is 1. The number of benzene rings is 1. The zero-order valence-electron chi connectivity index (χ0n) is 9.35. The van der Waals surface area contributed by atoms with Crippen molar-refractivity contribution in [3.63, 3.8) is 0 Å². The summed E-state index contributed by atoms with van der Waals surface area (Å²) in [6.07, 6.45) is 0. The van der Waals surface area contributed by atoms with Gasteiger partial charge in [0.2, 0.25) is 5.88 Å². The molecule has 0 saturated carbocycles. The third kappa shape index (κ3) is 2.75. The molecule has 3 nitrogen and oxygen atoms in total. The van der Waals surface area contributed by atoms with Crippen LogP contribution < -0.4 is 4.74 Å². The molecule has 1 aromatic heterocycles. The highest BCUT2D eigenvalue weighted by Gasteiger charge is 2.05. The molecular weight excluding hydrogens is 238 g/mol. The lowest BCUT2D eigenvalue weighted by molar-refractivity contribution is 0.275. The fourth-order valence-corrected chi connectivity index (χ4v) is 1.58. The van der Waals surface area contributed by atoms with Crippen LogP contribution in [0.2, 0.25) is 5.02 Å². The number of para-hydroxylation sites is 1. The van der Waals surface area contributed by atoms with E-state index in [9.17, 15) is 0 Å². The Bertz CT molecular complexity index is 529. The second-order valence-corrected chi connectivity index (χ2v) is 4.01. The zero-order chi connectivity index (χ0) is 12.3. The van der Waals surface area contributed by atoms with Crippen LogP contribution in [0.5, 0.6) is 11.6 Å². The van der Waals surface area contributed by atoms with Gasteiger partial charge in [0.25, 0.3) is 0 Å². The number of aliphatic hydroxyl groups excluding tert-OH is 1. The van der Waals surface area contributed by atoms with E-state index in [2.05, 4.69) is 4.98 Å². The van der Waals surface area contributed by atoms with Crippen molar-refractivity contribution < 1.29 is 9.84 Å². The van der Waals surface area contributed by atoms with Gasteiger partial charge in [0.05, 0.1) is 17.3 Å². The Morgan fingerprint density at radius 1 is 1.24 bits per heavy atom. The first kappa shape index (κ1) is 11.9. The lowest BCUT2D eigenvalue weighted by Gasteiger charge is -2.08. The highest BCUT2D eigenvalue weighted by atomic mass is 35.5. The Morgan fingerprint density at radius 2 is 2.00 bits per heavy atom. The van der Waals surface area contributed by atoms with Gasteiger partial charge in [0.15, 0.2) is 0 Å². The average Bonchev–Trinajstić information content (AvgIpc) is 2.34. The van der Waals surface area contributed by atoms with Gasteiger partial charge in [0.1, 0.15) is 5.75 Å². The summed E-state index contributed by atoms with van der Waals surface area (Å²) in [6.45, 7) is 1.75. The van der Waals surface area contributed by atoms with E-state index in [0.717, 1.165) is 11.3 Å². The first-order valence-corrected chi connectivity index (χ1v) is 5.58. The molecular formula is C13H12ClNO2. The van der Waals surface area contributed by atoms with Crippen LogP contribution in [0.15, 0.2) is 36.4 Å². The summed E-state index contributed by atoms with van der Waals surface area (Å²) in [4.78, 5) is 4.12. The summed E-state index contributed by atoms with van der Waals surface area (Å²) in [5.41, 5.74) is 1.44. The quantitative estimate of drug-likeness (QED) is 0.907. The number of nitrogens with zero attached hydrogens (tertiary/aromatic N) is 1. The van der Waals surface area contributed by atoms with E-state index in [1.807, 2.05) is 31.2 Å². The number of aliphatic hydroxyl groups is 1. The first-order chi connectivity index (χ1) is 8.20. The van der Waals surface area contributed by atoms with Crippen LogP contribution in [-0.4, -0.2) is 10.1 Å². The van der Waals surface area contributed by atoms with E-state index in [1.54, 1.807) is 12.1 Å². The van der Waals surface area contributed by atoms with Crippen LogP contribution >= 0.6 is 11.6 Å². The minimum Gasteiger partial charge on any atom is -0.439 e. The van der Waals surface area contributed by atoms with Gasteiger partial charge in [-0.25, -0.2) is 4.98 Å². The van der Waals surface area contributed by atoms with Crippen LogP contribution in [0.4, 0.5) is 0 Å². The molecule has 0 spiro atoms. The van der Waals surface area contributed by atoms with Gasteiger partial charge < -0.3 is 9.84 Å². The minimum absolute atomic E-state index is 0.205. The van der Waals surface area contributed by atoms with Crippen LogP contribution in [0.1, 0.15) is 11.3 Å². The molecule has 1 heterocycles. The van der Waals surface area contributed by atoms with Crippen LogP contribution in [0.3, 0.4) is 0 Å². The summed E-state index contributed by atoms with van der Waals surface area (Å²) in [7, 11) is 0. The molecule has 0 atom stereocenters. The van der Waals surface area contributed by atoms with Crippen LogP contribution in [-0.2, 0) is 6.61 Å². The molecule has 0 fully saturated rings. The fourth-order valence-electron chi connectivity index (χ4n) is 1.42. The Labute approximate surface area is 105 Å². The number of hydrogen-bond acceptors (Lipinski definition) is 3. The third-order valence-corrected chi connectivity index (χ3v) is 2.70. The molecule has 1 N–H and O–H groups in total. The van der Waals surface area contributed by atoms with Gasteiger partial charge in [-0.3, -0.25) is 0 Å². The van der Waals surface area contributed by atoms with Gasteiger partial charge in [0, 0.05) is 6.07 Å². The number of rotatable bonds is 3. The van der Waals surface area contributed by atoms with E-state index < -0.39 is 0 Å². The molecule has 88 valence electrons. The molecule has 0 aliphatic rings. The fraction of sp³-hybridized carbons (Fsp3) is 0.154. The third-order valence-electron chi connectivity index (χ3n) is 2.35. The molecule has 0 radical (unpaired) electrons. The molecule has 0 bridgehead atoms. The van der Waals surface area contributed by atoms with Crippen LogP contribution in [0, 0.1) is 6.92 Å². The predicted octanol–water partition coefficient (Wildman–Crippen LogP) is 3.33. The Morgan fingerprint density at radius 3 is 2.71 bits per heavy atom. The Balaban J connectivity index is 2.28. The maximum Gasteiger partial charge on any atom is 0.219 e. The average molecular weight is 250 g/mol. The number of hydrogen-bond donors (Lipinski definition) is 1. The van der Waals surface area contributed by atoms with Crippen molar-refractivity contribution in [3.8, 4) is 11.6 Å². The van der Waals surface area contributed by atoms with E-state index >= 15 is 0 Å². The number of aromatic nitrogens is 1. The van der Waals surface area contributed by atoms with Gasteiger partial charge in [-0.05, 0) is 24.6 Å². The standard InChI is InChI=1S/C13H12ClNO2/c1-9-4-2-3-5-12(9)17-13-7-6-10(14)11(8-16)15-13/h2-7,16H,8H2,1H3. The summed E-state index contributed by atoms with van der Waals surface area (Å²) in [6, 6.07) is 11.0. The van der Waals surface area contributed by atoms with Crippen molar-refractivity contribution in [2.75, 3.05) is 0 Å². The molecule has 17 heavy (non-hydrogen) atoms. The predicted molar refractivity (Wildman–Crippen MR) is 66.4 cm³/mol. The maximum absolute atomic E-state index is 9.06. The number of halogens is 1. The highest BCUT2D eigenvalue weighted by molar-refractivity contribution is 6.31. The second kappa shape index (κ2) is 5.17. The van der Waals surface area contributed by atoms with Crippen molar-refractivity contribution >= 4 is 11.6 Å². The molecule has 4 heteroatoms. The van der Waals surface area contributed by atoms with Gasteiger partial charge in [-0.2, -0.15) is 0 Å². The van der Waals surface area contributed by atoms with E-state index in [1.165, 1.54) is 0 Å². The van der Waals surface area contributed by atoms with Crippen molar-refractivity contribution in [2.45, 2.75) is 13.5 Å². The SMILES string of the molecule is Cc1ccccc1Oc1ccc(Cl)c(CO)n1. The van der Waals surface area contributed by atoms with Gasteiger partial charge in [-0.15, -0.1) is 0 Å². The van der Waals surface area contributed by atoms with Crippen molar-refractivity contribution in [1.82, 2.24) is 4.98 Å². The normalized spacial score (nSPS) is 10.3. The van der Waals surface area contributed by atoms with E-state index in [4.69, 9.17) is 21.4 Å². The Kier molecular flexibility index (Phi) is 3.61. The summed E-state index contributed by atoms with van der Waals surface area (Å²) >= 11 is 5.85. The van der Waals surface area contributed by atoms with E-state index in [0.29, 0.717) is 16.6 Å². The molecule has 2 rings (SSSR count). The summed E-state index contributed by atoms with van der Waals surface area (Å²) < 4.78 is 5.63. The highest BCUT2D eigenvalue weighted by Crippen LogP contribution is 2.25. The monoisotopic (exact) mass is 249 g/mol. The number of pyridine rings is 1. The lowest BCUT2D eigenvalue weighted by atomic mass is 10.2. The van der Waals surface area contributed by atoms with Crippen molar-refractivity contribution in [1.29, 1.82) is 0 Å². The van der Waals surface area contributed by atoms with Crippen molar-refractivity contribution in [2.24, 2.45) is 0 Å². The zero-order valence-corrected chi connectivity index (χ0v) is 10.1. The molecule has 0 aliphatic heterocycles. The summed E-state index contributed by atoms with van der Waals surface area (Å²) in [5, 5.41) is 9.50. The molecule has 1 aromatic carbocycles. The largest absolute Gasteiger partial charge is 0.439 e. The second-order valence-electron chi connectivity index (χ2n) is 3.60. The molecule has 2 aromatic rings. The topological polar surface area (TPSA) is 42.4 Å². The van der Waals surface area contributed by atoms with Gasteiger partial charge in [-0.1, -0.05) is 29.8 Å². The number of ether oxygens (including phenoxy) is 1. The molecule has 0 unspecified atom stereocenters. The first-order valence-electron chi connectivity index (χ1n) is 5.20. The van der Waals surface area contributed by atoms with Crippen LogP contribution in [0.25, 0.3) is 0 Å². The molecule has 0 amide bonds. The summed E-state index contributed by atoms with van der Waals surface area (Å²) in [5.74, 6) is 1.17. The lowest BCUT2D eigenvalue weighted by Crippen LogP contribution is -1.95. The van der Waals surface area contributed by atoms with Gasteiger partial charge >= 0.3 is 0 Å². The van der Waals surface area contributed by atoms with E-state index in [-0.39, 0.29) is 6.61 Å². The Hall–Kier alpha value is -1.58. The maximum atomic E-state index is 9.06.